The van der Waals surface area contributed by atoms with Gasteiger partial charge in [0, 0.05) is 13.2 Å². The molecule has 0 saturated carbocycles. The molecule has 1 aliphatic heterocycles. The molecule has 0 N–H and O–H groups in total. The molecule has 0 unspecified atom stereocenters. The largest absolute Gasteiger partial charge is 0.381 e. The summed E-state index contributed by atoms with van der Waals surface area (Å²) in [5.74, 6) is 0. The van der Waals surface area contributed by atoms with E-state index in [0.29, 0.717) is 11.2 Å². The standard InChI is InChI=1S/C10H11ClN4O/c11-9-6-12-8-5-13-15(10(8)14-9)7-1-3-16-4-2-7/h5-7H,1-4H2. The second-order valence-electron chi connectivity index (χ2n) is 3.83. The molecule has 1 fully saturated rings. The molecule has 0 radical (unpaired) electrons. The number of rotatable bonds is 1. The lowest BCUT2D eigenvalue weighted by molar-refractivity contribution is 0.0673. The van der Waals surface area contributed by atoms with Crippen molar-refractivity contribution in [3.8, 4) is 0 Å². The minimum Gasteiger partial charge on any atom is -0.381 e. The van der Waals surface area contributed by atoms with Crippen LogP contribution in [0.4, 0.5) is 0 Å². The van der Waals surface area contributed by atoms with E-state index in [9.17, 15) is 0 Å². The lowest BCUT2D eigenvalue weighted by atomic mass is 10.1. The fraction of sp³-hybridized carbons (Fsp3) is 0.500. The van der Waals surface area contributed by atoms with E-state index < -0.39 is 0 Å². The molecule has 2 aromatic rings. The SMILES string of the molecule is Clc1cnc2cnn(C3CCOCC3)c2n1. The Balaban J connectivity index is 2.05. The number of halogens is 1. The van der Waals surface area contributed by atoms with Gasteiger partial charge in [0.25, 0.3) is 0 Å². The first kappa shape index (κ1) is 9.99. The van der Waals surface area contributed by atoms with E-state index in [-0.39, 0.29) is 0 Å². The van der Waals surface area contributed by atoms with Crippen molar-refractivity contribution in [2.75, 3.05) is 13.2 Å². The molecule has 0 spiro atoms. The molecule has 0 aliphatic carbocycles. The maximum atomic E-state index is 5.85. The van der Waals surface area contributed by atoms with Gasteiger partial charge in [-0.05, 0) is 12.8 Å². The second-order valence-corrected chi connectivity index (χ2v) is 4.22. The van der Waals surface area contributed by atoms with Gasteiger partial charge in [-0.1, -0.05) is 11.6 Å². The smallest absolute Gasteiger partial charge is 0.178 e. The molecule has 3 rings (SSSR count). The maximum absolute atomic E-state index is 5.85. The van der Waals surface area contributed by atoms with Crippen LogP contribution in [-0.4, -0.2) is 33.0 Å². The Morgan fingerprint density at radius 2 is 2.12 bits per heavy atom. The predicted molar refractivity (Wildman–Crippen MR) is 59.4 cm³/mol. The van der Waals surface area contributed by atoms with Gasteiger partial charge in [0.2, 0.25) is 0 Å². The number of fused-ring (bicyclic) bond motifs is 1. The van der Waals surface area contributed by atoms with Crippen LogP contribution >= 0.6 is 11.6 Å². The first-order valence-corrected chi connectivity index (χ1v) is 5.66. The zero-order valence-electron chi connectivity index (χ0n) is 8.64. The Kier molecular flexibility index (Phi) is 2.49. The van der Waals surface area contributed by atoms with Crippen LogP contribution in [0.15, 0.2) is 12.4 Å². The molecule has 84 valence electrons. The Morgan fingerprint density at radius 1 is 1.31 bits per heavy atom. The van der Waals surface area contributed by atoms with Crippen molar-refractivity contribution in [2.45, 2.75) is 18.9 Å². The van der Waals surface area contributed by atoms with Crippen molar-refractivity contribution in [3.63, 3.8) is 0 Å². The molecule has 0 atom stereocenters. The van der Waals surface area contributed by atoms with Gasteiger partial charge in [-0.3, -0.25) is 0 Å². The van der Waals surface area contributed by atoms with Gasteiger partial charge in [-0.2, -0.15) is 5.10 Å². The van der Waals surface area contributed by atoms with E-state index in [1.807, 2.05) is 4.68 Å². The zero-order chi connectivity index (χ0) is 11.0. The molecule has 5 nitrogen and oxygen atoms in total. The highest BCUT2D eigenvalue weighted by Crippen LogP contribution is 2.23. The molecule has 1 aliphatic rings. The Bertz CT molecular complexity index is 506. The van der Waals surface area contributed by atoms with Gasteiger partial charge in [0.1, 0.15) is 10.7 Å². The van der Waals surface area contributed by atoms with Crippen LogP contribution in [0.25, 0.3) is 11.2 Å². The second kappa shape index (κ2) is 3.99. The highest BCUT2D eigenvalue weighted by Gasteiger charge is 2.19. The van der Waals surface area contributed by atoms with Gasteiger partial charge >= 0.3 is 0 Å². The summed E-state index contributed by atoms with van der Waals surface area (Å²) in [5, 5.41) is 4.74. The number of aromatic nitrogens is 4. The molecule has 0 amide bonds. The molecule has 0 aromatic carbocycles. The van der Waals surface area contributed by atoms with Crippen LogP contribution in [-0.2, 0) is 4.74 Å². The van der Waals surface area contributed by atoms with E-state index >= 15 is 0 Å². The Morgan fingerprint density at radius 3 is 2.94 bits per heavy atom. The zero-order valence-corrected chi connectivity index (χ0v) is 9.39. The average Bonchev–Trinajstić information content (AvgIpc) is 2.73. The lowest BCUT2D eigenvalue weighted by Gasteiger charge is -2.22. The first-order chi connectivity index (χ1) is 7.84. The average molecular weight is 239 g/mol. The van der Waals surface area contributed by atoms with E-state index in [0.717, 1.165) is 37.2 Å². The van der Waals surface area contributed by atoms with Crippen molar-refractivity contribution < 1.29 is 4.74 Å². The lowest BCUT2D eigenvalue weighted by Crippen LogP contribution is -2.20. The number of nitrogens with zero attached hydrogens (tertiary/aromatic N) is 4. The summed E-state index contributed by atoms with van der Waals surface area (Å²) in [6.45, 7) is 1.56. The van der Waals surface area contributed by atoms with Crippen molar-refractivity contribution in [1.29, 1.82) is 0 Å². The van der Waals surface area contributed by atoms with Crippen LogP contribution in [0.5, 0.6) is 0 Å². The van der Waals surface area contributed by atoms with Gasteiger partial charge < -0.3 is 4.74 Å². The van der Waals surface area contributed by atoms with Gasteiger partial charge in [-0.15, -0.1) is 0 Å². The summed E-state index contributed by atoms with van der Waals surface area (Å²) in [6.07, 6.45) is 5.20. The van der Waals surface area contributed by atoms with E-state index in [2.05, 4.69) is 15.1 Å². The molecule has 1 saturated heterocycles. The Labute approximate surface area is 97.4 Å². The normalized spacial score (nSPS) is 18.1. The maximum Gasteiger partial charge on any atom is 0.178 e. The van der Waals surface area contributed by atoms with Crippen LogP contribution in [0.3, 0.4) is 0 Å². The summed E-state index contributed by atoms with van der Waals surface area (Å²) in [4.78, 5) is 8.46. The van der Waals surface area contributed by atoms with Gasteiger partial charge in [0.15, 0.2) is 5.65 Å². The van der Waals surface area contributed by atoms with Gasteiger partial charge in [0.05, 0.1) is 18.4 Å². The molecular weight excluding hydrogens is 228 g/mol. The summed E-state index contributed by atoms with van der Waals surface area (Å²) in [6, 6.07) is 0.346. The summed E-state index contributed by atoms with van der Waals surface area (Å²) >= 11 is 5.85. The van der Waals surface area contributed by atoms with E-state index in [1.165, 1.54) is 0 Å². The Hall–Kier alpha value is -1.20. The molecular formula is C10H11ClN4O. The predicted octanol–water partition coefficient (Wildman–Crippen LogP) is 1.83. The molecule has 2 aromatic heterocycles. The third-order valence-corrected chi connectivity index (χ3v) is 2.99. The third kappa shape index (κ3) is 1.66. The van der Waals surface area contributed by atoms with Crippen LogP contribution in [0, 0.1) is 0 Å². The molecule has 6 heteroatoms. The van der Waals surface area contributed by atoms with Crippen molar-refractivity contribution >= 4 is 22.8 Å². The summed E-state index contributed by atoms with van der Waals surface area (Å²) < 4.78 is 7.24. The minimum atomic E-state index is 0.346. The molecule has 3 heterocycles. The topological polar surface area (TPSA) is 52.8 Å². The highest BCUT2D eigenvalue weighted by atomic mass is 35.5. The van der Waals surface area contributed by atoms with Crippen LogP contribution in [0.2, 0.25) is 5.15 Å². The quantitative estimate of drug-likeness (QED) is 0.761. The van der Waals surface area contributed by atoms with Crippen LogP contribution in [0.1, 0.15) is 18.9 Å². The number of hydrogen-bond acceptors (Lipinski definition) is 4. The molecule has 0 bridgehead atoms. The summed E-state index contributed by atoms with van der Waals surface area (Å²) in [5.41, 5.74) is 1.55. The summed E-state index contributed by atoms with van der Waals surface area (Å²) in [7, 11) is 0. The van der Waals surface area contributed by atoms with Crippen LogP contribution < -0.4 is 0 Å². The van der Waals surface area contributed by atoms with Crippen molar-refractivity contribution in [2.24, 2.45) is 0 Å². The molecule has 16 heavy (non-hydrogen) atoms. The number of ether oxygens (including phenoxy) is 1. The van der Waals surface area contributed by atoms with E-state index in [1.54, 1.807) is 12.4 Å². The first-order valence-electron chi connectivity index (χ1n) is 5.28. The highest BCUT2D eigenvalue weighted by molar-refractivity contribution is 6.29. The van der Waals surface area contributed by atoms with Crippen molar-refractivity contribution in [3.05, 3.63) is 17.5 Å². The van der Waals surface area contributed by atoms with E-state index in [4.69, 9.17) is 16.3 Å². The minimum absolute atomic E-state index is 0.346. The van der Waals surface area contributed by atoms with Gasteiger partial charge in [-0.25, -0.2) is 14.6 Å². The number of hydrogen-bond donors (Lipinski definition) is 0. The fourth-order valence-corrected chi connectivity index (χ4v) is 2.12. The fourth-order valence-electron chi connectivity index (χ4n) is 2.00. The monoisotopic (exact) mass is 238 g/mol. The third-order valence-electron chi connectivity index (χ3n) is 2.81. The van der Waals surface area contributed by atoms with Crippen molar-refractivity contribution in [1.82, 2.24) is 19.7 Å².